The highest BCUT2D eigenvalue weighted by molar-refractivity contribution is 6.30. The van der Waals surface area contributed by atoms with Crippen molar-refractivity contribution in [2.45, 2.75) is 25.9 Å². The van der Waals surface area contributed by atoms with E-state index in [0.717, 1.165) is 25.2 Å². The van der Waals surface area contributed by atoms with Gasteiger partial charge in [0.2, 0.25) is 0 Å². The molecular weight excluding hydrogens is 421 g/mol. The van der Waals surface area contributed by atoms with E-state index in [1.807, 2.05) is 10.8 Å². The fourth-order valence-electron chi connectivity index (χ4n) is 3.28. The number of hydrogen-bond donors (Lipinski definition) is 1. The van der Waals surface area contributed by atoms with Crippen LogP contribution in [0.5, 0.6) is 5.75 Å². The molecule has 0 amide bonds. The fraction of sp³-hybridized carbons (Fsp3) is 0.273. The van der Waals surface area contributed by atoms with Gasteiger partial charge in [0.25, 0.3) is 0 Å². The van der Waals surface area contributed by atoms with Gasteiger partial charge in [-0.1, -0.05) is 11.6 Å². The van der Waals surface area contributed by atoms with Gasteiger partial charge >= 0.3 is 0 Å². The molecule has 0 bridgehead atoms. The van der Waals surface area contributed by atoms with Crippen LogP contribution in [-0.4, -0.2) is 39.2 Å². The average molecular weight is 442 g/mol. The Labute approximate surface area is 184 Å². The molecule has 0 atom stereocenters. The second-order valence-corrected chi connectivity index (χ2v) is 7.53. The highest BCUT2D eigenvalue weighted by Gasteiger charge is 2.23. The number of carbonyl (C=O) groups is 1. The molecule has 1 aliphatic heterocycles. The number of benzene rings is 1. The molecule has 0 saturated carbocycles. The number of halogens is 2. The predicted octanol–water partition coefficient (Wildman–Crippen LogP) is 3.99. The molecule has 9 heteroatoms. The summed E-state index contributed by atoms with van der Waals surface area (Å²) in [7, 11) is 0. The maximum atomic E-state index is 13.3. The van der Waals surface area contributed by atoms with Gasteiger partial charge in [-0.2, -0.15) is 0 Å². The summed E-state index contributed by atoms with van der Waals surface area (Å²) in [6, 6.07) is 5.82. The Bertz CT molecular complexity index is 1100. The molecule has 0 radical (unpaired) electrons. The smallest absolute Gasteiger partial charge is 0.170 e. The lowest BCUT2D eigenvalue weighted by molar-refractivity contribution is 0.0998. The van der Waals surface area contributed by atoms with E-state index in [1.165, 1.54) is 18.2 Å². The van der Waals surface area contributed by atoms with Crippen LogP contribution in [0.1, 0.15) is 28.9 Å². The zero-order valence-electron chi connectivity index (χ0n) is 16.7. The maximum Gasteiger partial charge on any atom is 0.170 e. The van der Waals surface area contributed by atoms with Gasteiger partial charge < -0.3 is 14.6 Å². The first kappa shape index (κ1) is 21.1. The van der Waals surface area contributed by atoms with Gasteiger partial charge in [0.1, 0.15) is 18.2 Å². The van der Waals surface area contributed by atoms with Crippen LogP contribution in [0, 0.1) is 5.82 Å². The summed E-state index contributed by atoms with van der Waals surface area (Å²) in [6.07, 6.45) is 8.22. The molecule has 0 fully saturated rings. The van der Waals surface area contributed by atoms with Crippen molar-refractivity contribution in [3.8, 4) is 5.75 Å². The van der Waals surface area contributed by atoms with E-state index in [-0.39, 0.29) is 23.8 Å². The van der Waals surface area contributed by atoms with Crippen molar-refractivity contribution in [2.75, 3.05) is 13.2 Å². The number of nitrogens with one attached hydrogen (secondary N) is 1. The summed E-state index contributed by atoms with van der Waals surface area (Å²) >= 11 is 5.79. The third-order valence-electron chi connectivity index (χ3n) is 4.85. The Morgan fingerprint density at radius 3 is 2.97 bits per heavy atom. The number of aliphatic imine (C=N–C) groups is 1. The Balaban J connectivity index is 1.39. The van der Waals surface area contributed by atoms with Gasteiger partial charge in [-0.25, -0.2) is 9.37 Å². The predicted molar refractivity (Wildman–Crippen MR) is 116 cm³/mol. The molecule has 1 aromatic carbocycles. The van der Waals surface area contributed by atoms with Crippen LogP contribution >= 0.6 is 11.6 Å². The standard InChI is InChI=1S/C22H21ClFN5O2/c23-18-11-16(2-3-19(18)24)31-13-15-10-21(30)17-4-6-27-20(22(17)28-15)12-25-5-1-8-29-9-7-26-14-29/h2-4,6-7,9,11,14,25H,1,5,8,10,12-13H2. The SMILES string of the molecule is O=C1CC(COc2ccc(F)c(Cl)c2)=Nc2c1ccnc2CNCCCn1ccnc1. The lowest BCUT2D eigenvalue weighted by atomic mass is 10.00. The number of hydrogen-bond acceptors (Lipinski definition) is 6. The molecule has 3 heterocycles. The van der Waals surface area contributed by atoms with Crippen molar-refractivity contribution in [2.24, 2.45) is 4.99 Å². The first-order valence-corrected chi connectivity index (χ1v) is 10.3. The van der Waals surface area contributed by atoms with Gasteiger partial charge in [0, 0.05) is 43.3 Å². The summed E-state index contributed by atoms with van der Waals surface area (Å²) in [5.74, 6) is -0.121. The number of ether oxygens (including phenoxy) is 1. The van der Waals surface area contributed by atoms with Crippen molar-refractivity contribution in [3.63, 3.8) is 0 Å². The molecule has 7 nitrogen and oxygen atoms in total. The Hall–Kier alpha value is -3.10. The molecule has 2 aromatic heterocycles. The molecule has 160 valence electrons. The number of aromatic nitrogens is 3. The van der Waals surface area contributed by atoms with Gasteiger partial charge in [0.05, 0.1) is 34.9 Å². The molecule has 1 N–H and O–H groups in total. The monoisotopic (exact) mass is 441 g/mol. The van der Waals surface area contributed by atoms with E-state index in [0.29, 0.717) is 29.3 Å². The van der Waals surface area contributed by atoms with Crippen LogP contribution in [-0.2, 0) is 13.1 Å². The summed E-state index contributed by atoms with van der Waals surface area (Å²) in [6.45, 7) is 2.28. The number of Topliss-reactive ketones (excluding diaryl/α,β-unsaturated/α-hetero) is 1. The number of rotatable bonds is 9. The van der Waals surface area contributed by atoms with E-state index < -0.39 is 5.82 Å². The summed E-state index contributed by atoms with van der Waals surface area (Å²) in [5, 5.41) is 3.34. The Kier molecular flexibility index (Phi) is 6.69. The Morgan fingerprint density at radius 2 is 2.16 bits per heavy atom. The molecule has 0 saturated heterocycles. The number of fused-ring (bicyclic) bond motifs is 1. The number of pyridine rings is 1. The van der Waals surface area contributed by atoms with Gasteiger partial charge in [-0.15, -0.1) is 0 Å². The molecule has 4 rings (SSSR count). The van der Waals surface area contributed by atoms with E-state index in [4.69, 9.17) is 16.3 Å². The normalized spacial score (nSPS) is 13.1. The summed E-state index contributed by atoms with van der Waals surface area (Å²) in [4.78, 5) is 25.7. The van der Waals surface area contributed by atoms with Crippen LogP contribution in [0.3, 0.4) is 0 Å². The molecule has 0 spiro atoms. The number of ketones is 1. The minimum Gasteiger partial charge on any atom is -0.488 e. The van der Waals surface area contributed by atoms with Crippen molar-refractivity contribution in [1.29, 1.82) is 0 Å². The molecular formula is C22H21ClFN5O2. The van der Waals surface area contributed by atoms with Crippen molar-refractivity contribution < 1.29 is 13.9 Å². The maximum absolute atomic E-state index is 13.3. The number of aryl methyl sites for hydroxylation is 1. The van der Waals surface area contributed by atoms with Crippen LogP contribution in [0.4, 0.5) is 10.1 Å². The highest BCUT2D eigenvalue weighted by atomic mass is 35.5. The number of imidazole rings is 1. The number of carbonyl (C=O) groups excluding carboxylic acids is 1. The molecule has 31 heavy (non-hydrogen) atoms. The van der Waals surface area contributed by atoms with Crippen LogP contribution in [0.25, 0.3) is 0 Å². The first-order chi connectivity index (χ1) is 15.1. The zero-order chi connectivity index (χ0) is 21.6. The lowest BCUT2D eigenvalue weighted by Crippen LogP contribution is -2.22. The molecule has 0 unspecified atom stereocenters. The topological polar surface area (TPSA) is 81.4 Å². The minimum absolute atomic E-state index is 0.0184. The van der Waals surface area contributed by atoms with Crippen molar-refractivity contribution in [3.05, 3.63) is 71.3 Å². The van der Waals surface area contributed by atoms with Gasteiger partial charge in [-0.3, -0.25) is 14.8 Å². The average Bonchev–Trinajstić information content (AvgIpc) is 3.28. The fourth-order valence-corrected chi connectivity index (χ4v) is 3.45. The van der Waals surface area contributed by atoms with Crippen LogP contribution in [0.2, 0.25) is 5.02 Å². The van der Waals surface area contributed by atoms with E-state index in [2.05, 4.69) is 20.3 Å². The van der Waals surface area contributed by atoms with Gasteiger partial charge in [-0.05, 0) is 31.2 Å². The Morgan fingerprint density at radius 1 is 1.26 bits per heavy atom. The second-order valence-electron chi connectivity index (χ2n) is 7.13. The van der Waals surface area contributed by atoms with Crippen molar-refractivity contribution in [1.82, 2.24) is 19.9 Å². The van der Waals surface area contributed by atoms with E-state index in [1.54, 1.807) is 24.8 Å². The summed E-state index contributed by atoms with van der Waals surface area (Å²) in [5.41, 5.74) is 2.46. The second kappa shape index (κ2) is 9.80. The third-order valence-corrected chi connectivity index (χ3v) is 5.14. The van der Waals surface area contributed by atoms with E-state index >= 15 is 0 Å². The number of nitrogens with zero attached hydrogens (tertiary/aromatic N) is 4. The lowest BCUT2D eigenvalue weighted by Gasteiger charge is -2.17. The molecule has 0 aliphatic carbocycles. The first-order valence-electron chi connectivity index (χ1n) is 9.92. The quantitative estimate of drug-likeness (QED) is 0.508. The summed E-state index contributed by atoms with van der Waals surface area (Å²) < 4.78 is 21.0. The molecule has 3 aromatic rings. The van der Waals surface area contributed by atoms with Crippen LogP contribution < -0.4 is 10.1 Å². The highest BCUT2D eigenvalue weighted by Crippen LogP contribution is 2.29. The van der Waals surface area contributed by atoms with Gasteiger partial charge in [0.15, 0.2) is 5.78 Å². The zero-order valence-corrected chi connectivity index (χ0v) is 17.5. The minimum atomic E-state index is -0.513. The molecule has 1 aliphatic rings. The van der Waals surface area contributed by atoms with E-state index in [9.17, 15) is 9.18 Å². The van der Waals surface area contributed by atoms with Crippen molar-refractivity contribution >= 4 is 28.8 Å². The van der Waals surface area contributed by atoms with Crippen LogP contribution in [0.15, 0.2) is 54.2 Å². The third kappa shape index (κ3) is 5.34. The largest absolute Gasteiger partial charge is 0.488 e.